The second kappa shape index (κ2) is 5.32. The van der Waals surface area contributed by atoms with Crippen LogP contribution < -0.4 is 5.32 Å². The van der Waals surface area contributed by atoms with Crippen molar-refractivity contribution in [2.45, 2.75) is 64.3 Å². The summed E-state index contributed by atoms with van der Waals surface area (Å²) in [4.78, 5) is 2.23. The summed E-state index contributed by atoms with van der Waals surface area (Å²) < 4.78 is 6.25. The predicted octanol–water partition coefficient (Wildman–Crippen LogP) is 1.48. The van der Waals surface area contributed by atoms with Crippen LogP contribution >= 0.6 is 0 Å². The van der Waals surface area contributed by atoms with E-state index in [1.165, 1.54) is 0 Å². The molecule has 1 saturated heterocycles. The van der Waals surface area contributed by atoms with Gasteiger partial charge in [0, 0.05) is 24.0 Å². The Morgan fingerprint density at radius 1 is 1.21 bits per heavy atom. The lowest BCUT2D eigenvalue weighted by Crippen LogP contribution is -2.53. The van der Waals surface area contributed by atoms with Crippen molar-refractivity contribution in [3.63, 3.8) is 0 Å². The lowest BCUT2D eigenvalue weighted by molar-refractivity contribution is -0.0811. The monoisotopic (exact) mass is 272 g/mol. The van der Waals surface area contributed by atoms with Gasteiger partial charge in [-0.25, -0.2) is 0 Å². The van der Waals surface area contributed by atoms with E-state index in [-0.39, 0.29) is 23.3 Å². The van der Waals surface area contributed by atoms with Crippen molar-refractivity contribution in [2.75, 3.05) is 27.2 Å². The van der Waals surface area contributed by atoms with Crippen LogP contribution in [0.25, 0.3) is 0 Å². The Labute approximate surface area is 118 Å². The summed E-state index contributed by atoms with van der Waals surface area (Å²) in [7, 11) is 4.08. The highest BCUT2D eigenvalue weighted by Gasteiger charge is 2.53. The summed E-state index contributed by atoms with van der Waals surface area (Å²) in [6.07, 6.45) is 0. The minimum atomic E-state index is -0.207. The third kappa shape index (κ3) is 3.30. The van der Waals surface area contributed by atoms with Gasteiger partial charge in [-0.1, -0.05) is 0 Å². The Morgan fingerprint density at radius 3 is 2.16 bits per heavy atom. The maximum atomic E-state index is 9.51. The third-order valence-electron chi connectivity index (χ3n) is 4.77. The first-order valence-electron chi connectivity index (χ1n) is 7.17. The average molecular weight is 272 g/mol. The maximum absolute atomic E-state index is 9.51. The number of rotatable bonds is 5. The van der Waals surface area contributed by atoms with E-state index in [9.17, 15) is 5.11 Å². The lowest BCUT2D eigenvalue weighted by Gasteiger charge is -2.39. The van der Waals surface area contributed by atoms with Crippen LogP contribution in [0.2, 0.25) is 0 Å². The van der Waals surface area contributed by atoms with Gasteiger partial charge in [-0.2, -0.15) is 0 Å². The molecule has 2 atom stereocenters. The Kier molecular flexibility index (Phi) is 4.73. The SMILES string of the molecule is CNC1C(CN(C)C(C)(C)CO)C(C)(C)OC1(C)C. The Morgan fingerprint density at radius 2 is 1.74 bits per heavy atom. The summed E-state index contributed by atoms with van der Waals surface area (Å²) in [5.74, 6) is 0.378. The molecule has 0 spiro atoms. The van der Waals surface area contributed by atoms with Crippen LogP contribution in [0.15, 0.2) is 0 Å². The third-order valence-corrected chi connectivity index (χ3v) is 4.77. The van der Waals surface area contributed by atoms with E-state index in [2.05, 4.69) is 58.8 Å². The number of hydrogen-bond acceptors (Lipinski definition) is 4. The van der Waals surface area contributed by atoms with E-state index in [1.54, 1.807) is 0 Å². The van der Waals surface area contributed by atoms with Crippen LogP contribution in [0.3, 0.4) is 0 Å². The first kappa shape index (κ1) is 16.9. The van der Waals surface area contributed by atoms with Crippen molar-refractivity contribution in [1.29, 1.82) is 0 Å². The van der Waals surface area contributed by atoms with E-state index in [0.717, 1.165) is 6.54 Å². The number of nitrogens with zero attached hydrogens (tertiary/aromatic N) is 1. The Hall–Kier alpha value is -0.160. The minimum absolute atomic E-state index is 0.158. The molecule has 1 heterocycles. The molecule has 2 unspecified atom stereocenters. The molecule has 4 heteroatoms. The molecule has 1 fully saturated rings. The molecule has 1 aliphatic heterocycles. The molecule has 0 aromatic carbocycles. The molecule has 19 heavy (non-hydrogen) atoms. The highest BCUT2D eigenvalue weighted by molar-refractivity contribution is 5.06. The van der Waals surface area contributed by atoms with E-state index < -0.39 is 0 Å². The summed E-state index contributed by atoms with van der Waals surface area (Å²) in [5, 5.41) is 12.9. The highest BCUT2D eigenvalue weighted by Crippen LogP contribution is 2.42. The predicted molar refractivity (Wildman–Crippen MR) is 79.4 cm³/mol. The molecule has 0 aromatic rings. The topological polar surface area (TPSA) is 44.7 Å². The number of hydrogen-bond donors (Lipinski definition) is 2. The van der Waals surface area contributed by atoms with E-state index in [4.69, 9.17) is 4.74 Å². The molecular formula is C15H32N2O2. The van der Waals surface area contributed by atoms with Crippen LogP contribution in [-0.2, 0) is 4.74 Å². The summed E-state index contributed by atoms with van der Waals surface area (Å²) >= 11 is 0. The highest BCUT2D eigenvalue weighted by atomic mass is 16.5. The molecule has 4 nitrogen and oxygen atoms in total. The molecular weight excluding hydrogens is 240 g/mol. The largest absolute Gasteiger partial charge is 0.394 e. The van der Waals surface area contributed by atoms with E-state index in [0.29, 0.717) is 12.0 Å². The second-order valence-corrected chi connectivity index (χ2v) is 7.53. The van der Waals surface area contributed by atoms with Crippen molar-refractivity contribution in [3.05, 3.63) is 0 Å². The van der Waals surface area contributed by atoms with Crippen molar-refractivity contribution < 1.29 is 9.84 Å². The zero-order valence-electron chi connectivity index (χ0n) is 13.9. The lowest BCUT2D eigenvalue weighted by atomic mass is 9.81. The second-order valence-electron chi connectivity index (χ2n) is 7.53. The molecule has 1 rings (SSSR count). The molecule has 0 aliphatic carbocycles. The molecule has 114 valence electrons. The van der Waals surface area contributed by atoms with Crippen LogP contribution in [0, 0.1) is 5.92 Å². The molecule has 0 radical (unpaired) electrons. The number of nitrogens with one attached hydrogen (secondary N) is 1. The zero-order valence-corrected chi connectivity index (χ0v) is 13.9. The molecule has 0 aromatic heterocycles. The van der Waals surface area contributed by atoms with Crippen LogP contribution in [0.1, 0.15) is 41.5 Å². The fraction of sp³-hybridized carbons (Fsp3) is 1.00. The van der Waals surface area contributed by atoms with Gasteiger partial charge in [0.15, 0.2) is 0 Å². The van der Waals surface area contributed by atoms with Crippen molar-refractivity contribution in [3.8, 4) is 0 Å². The fourth-order valence-corrected chi connectivity index (χ4v) is 3.24. The van der Waals surface area contributed by atoms with Gasteiger partial charge in [-0.15, -0.1) is 0 Å². The van der Waals surface area contributed by atoms with Gasteiger partial charge >= 0.3 is 0 Å². The number of aliphatic hydroxyl groups excluding tert-OH is 1. The van der Waals surface area contributed by atoms with Crippen LogP contribution in [0.5, 0.6) is 0 Å². The molecule has 1 aliphatic rings. The van der Waals surface area contributed by atoms with Gasteiger partial charge in [-0.05, 0) is 55.6 Å². The quantitative estimate of drug-likeness (QED) is 0.796. The van der Waals surface area contributed by atoms with Gasteiger partial charge in [-0.3, -0.25) is 4.90 Å². The Bertz CT molecular complexity index is 313. The smallest absolute Gasteiger partial charge is 0.0790 e. The van der Waals surface area contributed by atoms with Gasteiger partial charge in [0.05, 0.1) is 17.8 Å². The number of ether oxygens (including phenoxy) is 1. The van der Waals surface area contributed by atoms with E-state index >= 15 is 0 Å². The minimum Gasteiger partial charge on any atom is -0.394 e. The van der Waals surface area contributed by atoms with Crippen molar-refractivity contribution in [2.24, 2.45) is 5.92 Å². The first-order chi connectivity index (χ1) is 8.48. The molecule has 2 N–H and O–H groups in total. The van der Waals surface area contributed by atoms with Gasteiger partial charge in [0.2, 0.25) is 0 Å². The molecule has 0 amide bonds. The molecule has 0 bridgehead atoms. The van der Waals surface area contributed by atoms with Crippen LogP contribution in [-0.4, -0.2) is 60.0 Å². The summed E-state index contributed by atoms with van der Waals surface area (Å²) in [6.45, 7) is 13.8. The standard InChI is InChI=1S/C15H32N2O2/c1-13(2,10-18)17(8)9-11-12(16-7)15(5,6)19-14(11,3)4/h11-12,16,18H,9-10H2,1-8H3. The van der Waals surface area contributed by atoms with E-state index in [1.807, 2.05) is 7.05 Å². The normalized spacial score (nSPS) is 30.0. The number of aliphatic hydroxyl groups is 1. The Balaban J connectivity index is 2.91. The van der Waals surface area contributed by atoms with Gasteiger partial charge in [0.1, 0.15) is 0 Å². The maximum Gasteiger partial charge on any atom is 0.0790 e. The first-order valence-corrected chi connectivity index (χ1v) is 7.17. The number of likely N-dealkylation sites (N-methyl/N-ethyl adjacent to an activating group) is 2. The summed E-state index contributed by atoms with van der Waals surface area (Å²) in [5.41, 5.74) is -0.550. The van der Waals surface area contributed by atoms with Crippen molar-refractivity contribution >= 4 is 0 Å². The van der Waals surface area contributed by atoms with Crippen molar-refractivity contribution in [1.82, 2.24) is 10.2 Å². The fourth-order valence-electron chi connectivity index (χ4n) is 3.24. The zero-order chi connectivity index (χ0) is 15.1. The average Bonchev–Trinajstić information content (AvgIpc) is 2.43. The van der Waals surface area contributed by atoms with Gasteiger partial charge in [0.25, 0.3) is 0 Å². The van der Waals surface area contributed by atoms with Gasteiger partial charge < -0.3 is 15.2 Å². The molecule has 0 saturated carbocycles. The summed E-state index contributed by atoms with van der Waals surface area (Å²) in [6, 6.07) is 0.305. The van der Waals surface area contributed by atoms with Crippen LogP contribution in [0.4, 0.5) is 0 Å².